The predicted octanol–water partition coefficient (Wildman–Crippen LogP) is 5.78. The highest BCUT2D eigenvalue weighted by Gasteiger charge is 2.22. The number of halogens is 1. The van der Waals surface area contributed by atoms with Crippen LogP contribution in [-0.4, -0.2) is 60.8 Å². The van der Waals surface area contributed by atoms with E-state index in [2.05, 4.69) is 33.8 Å². The number of ether oxygens (including phenoxy) is 1. The van der Waals surface area contributed by atoms with Crippen LogP contribution in [0.5, 0.6) is 0 Å². The zero-order chi connectivity index (χ0) is 26.4. The van der Waals surface area contributed by atoms with E-state index in [1.165, 1.54) is 6.08 Å². The van der Waals surface area contributed by atoms with Gasteiger partial charge in [-0.15, -0.1) is 0 Å². The zero-order valence-electron chi connectivity index (χ0n) is 21.2. The number of hydrogen-bond acceptors (Lipinski definition) is 5. The maximum atomic E-state index is 13.0. The Morgan fingerprint density at radius 2 is 1.97 bits per heavy atom. The number of rotatable bonds is 8. The van der Waals surface area contributed by atoms with Gasteiger partial charge in [-0.3, -0.25) is 9.59 Å². The number of nitrogens with zero attached hydrogens (tertiary/aromatic N) is 3. The summed E-state index contributed by atoms with van der Waals surface area (Å²) in [5.41, 5.74) is 3.28. The first-order valence-electron chi connectivity index (χ1n) is 12.3. The van der Waals surface area contributed by atoms with Crippen molar-refractivity contribution in [2.24, 2.45) is 4.99 Å². The summed E-state index contributed by atoms with van der Waals surface area (Å²) < 4.78 is 5.18. The number of likely N-dealkylation sites (N-methyl/N-ethyl adjacent to an activating group) is 1. The number of aliphatic imine (C=N–C) groups is 1. The van der Waals surface area contributed by atoms with Gasteiger partial charge in [-0.05, 0) is 69.1 Å². The van der Waals surface area contributed by atoms with E-state index in [9.17, 15) is 9.59 Å². The maximum Gasteiger partial charge on any atom is 0.295 e. The first kappa shape index (κ1) is 26.7. The molecular formula is C29H31ClN4O3. The van der Waals surface area contributed by atoms with Crippen LogP contribution in [0, 0.1) is 0 Å². The molecule has 3 aromatic rings. The van der Waals surface area contributed by atoms with Gasteiger partial charge in [0.25, 0.3) is 5.91 Å². The van der Waals surface area contributed by atoms with Gasteiger partial charge in [0, 0.05) is 52.5 Å². The van der Waals surface area contributed by atoms with E-state index in [4.69, 9.17) is 16.3 Å². The van der Waals surface area contributed by atoms with Gasteiger partial charge in [0.2, 0.25) is 5.91 Å². The molecule has 192 valence electrons. The van der Waals surface area contributed by atoms with Gasteiger partial charge in [-0.2, -0.15) is 0 Å². The smallest absolute Gasteiger partial charge is 0.295 e. The maximum absolute atomic E-state index is 13.0. The van der Waals surface area contributed by atoms with Crippen LogP contribution in [0.4, 0.5) is 5.69 Å². The molecule has 1 aliphatic carbocycles. The van der Waals surface area contributed by atoms with Crippen molar-refractivity contribution < 1.29 is 14.3 Å². The van der Waals surface area contributed by atoms with Gasteiger partial charge >= 0.3 is 0 Å². The molecule has 8 heteroatoms. The molecule has 0 bridgehead atoms. The molecule has 4 rings (SSSR count). The second-order valence-electron chi connectivity index (χ2n) is 9.14. The number of pyridine rings is 1. The van der Waals surface area contributed by atoms with Gasteiger partial charge in [-0.1, -0.05) is 36.4 Å². The minimum absolute atomic E-state index is 0.302. The Morgan fingerprint density at radius 3 is 2.70 bits per heavy atom. The molecule has 0 spiro atoms. The number of anilines is 1. The Hall–Kier alpha value is -3.39. The number of aromatic nitrogens is 1. The lowest BCUT2D eigenvalue weighted by Crippen LogP contribution is -2.37. The summed E-state index contributed by atoms with van der Waals surface area (Å²) in [7, 11) is 3.83. The van der Waals surface area contributed by atoms with Gasteiger partial charge < -0.3 is 15.0 Å². The van der Waals surface area contributed by atoms with Crippen molar-refractivity contribution in [2.75, 3.05) is 32.6 Å². The summed E-state index contributed by atoms with van der Waals surface area (Å²) in [4.78, 5) is 36.2. The highest BCUT2D eigenvalue weighted by molar-refractivity contribution is 6.36. The van der Waals surface area contributed by atoms with Crippen molar-refractivity contribution in [2.45, 2.75) is 31.7 Å². The molecule has 0 unspecified atom stereocenters. The lowest BCUT2D eigenvalue weighted by atomic mass is 9.92. The molecular weight excluding hydrogens is 488 g/mol. The molecule has 1 aromatic heterocycles. The molecule has 2 aromatic carbocycles. The minimum atomic E-state index is -0.328. The van der Waals surface area contributed by atoms with Gasteiger partial charge in [0.15, 0.2) is 0 Å². The number of carbonyl (C=O) groups is 2. The zero-order valence-corrected chi connectivity index (χ0v) is 21.9. The van der Waals surface area contributed by atoms with E-state index in [-0.39, 0.29) is 11.8 Å². The van der Waals surface area contributed by atoms with E-state index in [1.54, 1.807) is 31.4 Å². The third-order valence-corrected chi connectivity index (χ3v) is 7.06. The lowest BCUT2D eigenvalue weighted by molar-refractivity contribution is -0.111. The van der Waals surface area contributed by atoms with Crippen LogP contribution in [0.3, 0.4) is 0 Å². The predicted molar refractivity (Wildman–Crippen MR) is 150 cm³/mol. The molecule has 0 aliphatic heterocycles. The monoisotopic (exact) mass is 518 g/mol. The summed E-state index contributed by atoms with van der Waals surface area (Å²) in [6, 6.07) is 15.0. The molecule has 0 saturated heterocycles. The molecule has 1 heterocycles. The summed E-state index contributed by atoms with van der Waals surface area (Å²) in [6.45, 7) is 5.12. The van der Waals surface area contributed by atoms with Crippen molar-refractivity contribution >= 4 is 45.6 Å². The van der Waals surface area contributed by atoms with Gasteiger partial charge in [0.1, 0.15) is 5.69 Å². The molecule has 1 fully saturated rings. The number of benzene rings is 2. The number of hydrogen-bond donors (Lipinski definition) is 1. The number of carbonyl (C=O) groups excluding carboxylic acids is 2. The van der Waals surface area contributed by atoms with E-state index in [0.717, 1.165) is 54.3 Å². The Labute approximate surface area is 222 Å². The standard InChI is InChI=1S/C29H31ClN4O3/c1-4-28(35)33-26-15-14-24(30)22-13-8-19(18-23(22)26)25-6-5-7-27(32-25)29(36)31-20-9-11-21(12-10-20)34(2)16-17-37-3/h4-8,13-15,18,21H,1,9-12,16-17H2,2-3H3,(H,33,35). The van der Waals surface area contributed by atoms with E-state index in [0.29, 0.717) is 34.7 Å². The number of methoxy groups -OCH3 is 1. The molecule has 37 heavy (non-hydrogen) atoms. The minimum Gasteiger partial charge on any atom is -0.383 e. The van der Waals surface area contributed by atoms with Crippen molar-refractivity contribution in [1.29, 1.82) is 0 Å². The Morgan fingerprint density at radius 1 is 1.19 bits per heavy atom. The van der Waals surface area contributed by atoms with Crippen LogP contribution >= 0.6 is 11.6 Å². The second-order valence-corrected chi connectivity index (χ2v) is 9.55. The van der Waals surface area contributed by atoms with Gasteiger partial charge in [0.05, 0.1) is 12.3 Å². The summed E-state index contributed by atoms with van der Waals surface area (Å²) in [5.74, 6) is -0.639. The molecule has 0 atom stereocenters. The normalized spacial score (nSPS) is 15.6. The highest BCUT2D eigenvalue weighted by atomic mass is 35.5. The van der Waals surface area contributed by atoms with Crippen LogP contribution in [0.25, 0.3) is 22.0 Å². The van der Waals surface area contributed by atoms with E-state index < -0.39 is 0 Å². The molecule has 7 nitrogen and oxygen atoms in total. The average Bonchev–Trinajstić information content (AvgIpc) is 2.93. The molecule has 1 aliphatic rings. The lowest BCUT2D eigenvalue weighted by Gasteiger charge is -2.31. The van der Waals surface area contributed by atoms with Crippen LogP contribution in [0.2, 0.25) is 5.02 Å². The van der Waals surface area contributed by atoms with Crippen molar-refractivity contribution in [3.63, 3.8) is 0 Å². The largest absolute Gasteiger partial charge is 0.383 e. The van der Waals surface area contributed by atoms with Crippen molar-refractivity contribution in [3.05, 3.63) is 71.9 Å². The van der Waals surface area contributed by atoms with Crippen LogP contribution in [0.1, 0.15) is 36.2 Å². The number of nitrogens with one attached hydrogen (secondary N) is 1. The van der Waals surface area contributed by atoms with E-state index >= 15 is 0 Å². The van der Waals surface area contributed by atoms with Crippen LogP contribution in [-0.2, 0) is 9.53 Å². The molecule has 0 radical (unpaired) electrons. The summed E-state index contributed by atoms with van der Waals surface area (Å²) in [5, 5.41) is 4.96. The first-order chi connectivity index (χ1) is 17.9. The third-order valence-electron chi connectivity index (χ3n) is 6.73. The van der Waals surface area contributed by atoms with E-state index in [1.807, 2.05) is 24.3 Å². The number of fused-ring (bicyclic) bond motifs is 1. The molecule has 1 saturated carbocycles. The SMILES string of the molecule is C=CC(=O)Nc1ccc(Cl)c2ccc(-c3cccc(C(=O)N=C4CCC(N(C)CCOC)CC4)n3)cc12. The number of amides is 2. The molecule has 2 amide bonds. The van der Waals surface area contributed by atoms with Crippen molar-refractivity contribution in [1.82, 2.24) is 9.88 Å². The van der Waals surface area contributed by atoms with Crippen molar-refractivity contribution in [3.8, 4) is 11.3 Å². The second kappa shape index (κ2) is 12.2. The molecule has 1 N–H and O–H groups in total. The summed E-state index contributed by atoms with van der Waals surface area (Å²) in [6.07, 6.45) is 4.78. The van der Waals surface area contributed by atoms with Gasteiger partial charge in [-0.25, -0.2) is 9.98 Å². The van der Waals surface area contributed by atoms with Crippen LogP contribution in [0.15, 0.2) is 66.2 Å². The quantitative estimate of drug-likeness (QED) is 0.382. The third kappa shape index (κ3) is 6.49. The Bertz CT molecular complexity index is 1340. The Kier molecular flexibility index (Phi) is 8.82. The topological polar surface area (TPSA) is 83.9 Å². The summed E-state index contributed by atoms with van der Waals surface area (Å²) >= 11 is 6.39. The van der Waals surface area contributed by atoms with Crippen LogP contribution < -0.4 is 5.32 Å². The fourth-order valence-electron chi connectivity index (χ4n) is 4.59. The fourth-order valence-corrected chi connectivity index (χ4v) is 4.81. The first-order valence-corrected chi connectivity index (χ1v) is 12.7. The average molecular weight is 519 g/mol. The Balaban J connectivity index is 1.53. The highest BCUT2D eigenvalue weighted by Crippen LogP contribution is 2.33. The fraction of sp³-hybridized carbons (Fsp3) is 0.310.